The Morgan fingerprint density at radius 3 is 2.83 bits per heavy atom. The van der Waals surface area contributed by atoms with Crippen molar-refractivity contribution in [2.75, 3.05) is 6.54 Å². The monoisotopic (exact) mass is 251 g/mol. The van der Waals surface area contributed by atoms with E-state index in [1.807, 2.05) is 0 Å². The molecule has 5 heteroatoms. The van der Waals surface area contributed by atoms with Gasteiger partial charge in [0.25, 0.3) is 0 Å². The summed E-state index contributed by atoms with van der Waals surface area (Å²) < 4.78 is 26.2. The number of hydrogen-bond acceptors (Lipinski definition) is 2. The van der Waals surface area contributed by atoms with Crippen LogP contribution in [0.1, 0.15) is 25.1 Å². The molecule has 18 heavy (non-hydrogen) atoms. The molecule has 3 nitrogen and oxygen atoms in total. The number of aromatic amines is 1. The quantitative estimate of drug-likeness (QED) is 0.861. The van der Waals surface area contributed by atoms with Gasteiger partial charge < -0.3 is 10.3 Å². The first-order chi connectivity index (χ1) is 8.72. The first-order valence-electron chi connectivity index (χ1n) is 6.29. The van der Waals surface area contributed by atoms with Gasteiger partial charge in [0.2, 0.25) is 0 Å². The second-order valence-corrected chi connectivity index (χ2v) is 4.82. The summed E-state index contributed by atoms with van der Waals surface area (Å²) in [5.74, 6) is -0.903. The SMILES string of the molecule is Fc1cc2nc(CC3CCCCN3)[nH]c2cc1F. The Kier molecular flexibility index (Phi) is 2.99. The second kappa shape index (κ2) is 4.65. The van der Waals surface area contributed by atoms with Crippen LogP contribution in [0.15, 0.2) is 12.1 Å². The number of hydrogen-bond donors (Lipinski definition) is 2. The molecule has 1 saturated heterocycles. The van der Waals surface area contributed by atoms with E-state index in [1.54, 1.807) is 0 Å². The molecule has 2 heterocycles. The van der Waals surface area contributed by atoms with Gasteiger partial charge in [-0.05, 0) is 19.4 Å². The van der Waals surface area contributed by atoms with Crippen molar-refractivity contribution in [2.24, 2.45) is 0 Å². The van der Waals surface area contributed by atoms with Gasteiger partial charge in [-0.2, -0.15) is 0 Å². The molecule has 1 fully saturated rings. The number of rotatable bonds is 2. The van der Waals surface area contributed by atoms with Crippen LogP contribution in [0.25, 0.3) is 11.0 Å². The topological polar surface area (TPSA) is 40.7 Å². The number of benzene rings is 1. The summed E-state index contributed by atoms with van der Waals surface area (Å²) in [5.41, 5.74) is 1.04. The fourth-order valence-electron chi connectivity index (χ4n) is 2.49. The van der Waals surface area contributed by atoms with Gasteiger partial charge in [0.05, 0.1) is 11.0 Å². The molecular weight excluding hydrogens is 236 g/mol. The first-order valence-corrected chi connectivity index (χ1v) is 6.29. The summed E-state index contributed by atoms with van der Waals surface area (Å²) in [6.07, 6.45) is 4.34. The fraction of sp³-hybridized carbons (Fsp3) is 0.462. The van der Waals surface area contributed by atoms with Crippen LogP contribution in [-0.2, 0) is 6.42 Å². The lowest BCUT2D eigenvalue weighted by molar-refractivity contribution is 0.395. The van der Waals surface area contributed by atoms with Crippen molar-refractivity contribution in [3.05, 3.63) is 29.6 Å². The van der Waals surface area contributed by atoms with Gasteiger partial charge in [-0.3, -0.25) is 0 Å². The molecule has 0 aliphatic carbocycles. The minimum atomic E-state index is -0.851. The summed E-state index contributed by atoms with van der Waals surface area (Å²) in [6, 6.07) is 2.71. The normalized spacial score (nSPS) is 20.4. The zero-order valence-corrected chi connectivity index (χ0v) is 9.97. The number of halogens is 2. The van der Waals surface area contributed by atoms with E-state index in [1.165, 1.54) is 12.8 Å². The minimum Gasteiger partial charge on any atom is -0.342 e. The van der Waals surface area contributed by atoms with E-state index in [0.717, 1.165) is 37.3 Å². The third-order valence-corrected chi connectivity index (χ3v) is 3.43. The molecule has 1 aliphatic heterocycles. The van der Waals surface area contributed by atoms with Crippen molar-refractivity contribution in [3.63, 3.8) is 0 Å². The molecule has 96 valence electrons. The maximum Gasteiger partial charge on any atom is 0.161 e. The van der Waals surface area contributed by atoms with Crippen LogP contribution < -0.4 is 5.32 Å². The molecule has 0 amide bonds. The van der Waals surface area contributed by atoms with Gasteiger partial charge >= 0.3 is 0 Å². The Bertz CT molecular complexity index is 520. The number of nitrogens with one attached hydrogen (secondary N) is 2. The van der Waals surface area contributed by atoms with Crippen molar-refractivity contribution < 1.29 is 8.78 Å². The van der Waals surface area contributed by atoms with Crippen molar-refractivity contribution in [1.29, 1.82) is 0 Å². The molecule has 3 rings (SSSR count). The minimum absolute atomic E-state index is 0.411. The first kappa shape index (κ1) is 11.6. The van der Waals surface area contributed by atoms with Crippen LogP contribution in [0.5, 0.6) is 0 Å². The van der Waals surface area contributed by atoms with Crippen molar-refractivity contribution in [1.82, 2.24) is 15.3 Å². The molecule has 2 N–H and O–H groups in total. The molecule has 1 aliphatic rings. The van der Waals surface area contributed by atoms with Gasteiger partial charge in [-0.1, -0.05) is 6.42 Å². The molecule has 1 aromatic carbocycles. The third kappa shape index (κ3) is 2.22. The maximum atomic E-state index is 13.1. The Morgan fingerprint density at radius 1 is 1.22 bits per heavy atom. The zero-order valence-electron chi connectivity index (χ0n) is 9.97. The van der Waals surface area contributed by atoms with E-state index in [2.05, 4.69) is 15.3 Å². The van der Waals surface area contributed by atoms with E-state index in [-0.39, 0.29) is 0 Å². The van der Waals surface area contributed by atoms with Crippen LogP contribution in [0, 0.1) is 11.6 Å². The molecule has 1 aromatic heterocycles. The Labute approximate surface area is 104 Å². The lowest BCUT2D eigenvalue weighted by atomic mass is 10.0. The lowest BCUT2D eigenvalue weighted by Gasteiger charge is -2.22. The lowest BCUT2D eigenvalue weighted by Crippen LogP contribution is -2.35. The van der Waals surface area contributed by atoms with Gasteiger partial charge in [0, 0.05) is 24.6 Å². The average molecular weight is 251 g/mol. The number of fused-ring (bicyclic) bond motifs is 1. The summed E-state index contributed by atoms with van der Waals surface area (Å²) in [5, 5.41) is 3.43. The predicted molar refractivity (Wildman–Crippen MR) is 65.4 cm³/mol. The van der Waals surface area contributed by atoms with Crippen LogP contribution in [-0.4, -0.2) is 22.6 Å². The smallest absolute Gasteiger partial charge is 0.161 e. The van der Waals surface area contributed by atoms with Gasteiger partial charge in [0.15, 0.2) is 11.6 Å². The molecule has 0 saturated carbocycles. The number of piperidine rings is 1. The molecule has 0 radical (unpaired) electrons. The van der Waals surface area contributed by atoms with Crippen LogP contribution in [0.3, 0.4) is 0 Å². The van der Waals surface area contributed by atoms with E-state index >= 15 is 0 Å². The summed E-state index contributed by atoms with van der Waals surface area (Å²) in [4.78, 5) is 7.36. The van der Waals surface area contributed by atoms with Crippen LogP contribution >= 0.6 is 0 Å². The van der Waals surface area contributed by atoms with E-state index in [4.69, 9.17) is 0 Å². The highest BCUT2D eigenvalue weighted by molar-refractivity contribution is 5.75. The Morgan fingerprint density at radius 2 is 2.06 bits per heavy atom. The largest absolute Gasteiger partial charge is 0.342 e. The summed E-state index contributed by atoms with van der Waals surface area (Å²) in [6.45, 7) is 1.04. The van der Waals surface area contributed by atoms with Crippen molar-refractivity contribution in [2.45, 2.75) is 31.7 Å². The third-order valence-electron chi connectivity index (χ3n) is 3.43. The molecule has 0 spiro atoms. The van der Waals surface area contributed by atoms with Gasteiger partial charge in [-0.25, -0.2) is 13.8 Å². The number of imidazole rings is 1. The molecule has 2 aromatic rings. The highest BCUT2D eigenvalue weighted by atomic mass is 19.2. The van der Waals surface area contributed by atoms with Gasteiger partial charge in [0.1, 0.15) is 5.82 Å². The summed E-state index contributed by atoms with van der Waals surface area (Å²) in [7, 11) is 0. The van der Waals surface area contributed by atoms with Crippen LogP contribution in [0.2, 0.25) is 0 Å². The Hall–Kier alpha value is -1.49. The van der Waals surface area contributed by atoms with Crippen molar-refractivity contribution >= 4 is 11.0 Å². The fourth-order valence-corrected chi connectivity index (χ4v) is 2.49. The van der Waals surface area contributed by atoms with Crippen LogP contribution in [0.4, 0.5) is 8.78 Å². The zero-order chi connectivity index (χ0) is 12.5. The van der Waals surface area contributed by atoms with E-state index < -0.39 is 11.6 Å². The average Bonchev–Trinajstić information content (AvgIpc) is 2.72. The standard InChI is InChI=1S/C13H15F2N3/c14-9-6-11-12(7-10(9)15)18-13(17-11)5-8-3-1-2-4-16-8/h6-8,16H,1-5H2,(H,17,18). The second-order valence-electron chi connectivity index (χ2n) is 4.82. The predicted octanol–water partition coefficient (Wildman–Crippen LogP) is 2.53. The molecule has 0 bridgehead atoms. The molecule has 1 unspecified atom stereocenters. The number of nitrogens with zero attached hydrogens (tertiary/aromatic N) is 1. The highest BCUT2D eigenvalue weighted by Gasteiger charge is 2.15. The maximum absolute atomic E-state index is 13.1. The molecular formula is C13H15F2N3. The number of H-pyrrole nitrogens is 1. The van der Waals surface area contributed by atoms with E-state index in [0.29, 0.717) is 17.1 Å². The summed E-state index contributed by atoms with van der Waals surface area (Å²) >= 11 is 0. The van der Waals surface area contributed by atoms with Gasteiger partial charge in [-0.15, -0.1) is 0 Å². The highest BCUT2D eigenvalue weighted by Crippen LogP contribution is 2.18. The molecule has 1 atom stereocenters. The number of aromatic nitrogens is 2. The van der Waals surface area contributed by atoms with E-state index in [9.17, 15) is 8.78 Å². The van der Waals surface area contributed by atoms with Crippen molar-refractivity contribution in [3.8, 4) is 0 Å². The Balaban J connectivity index is 1.84.